The van der Waals surface area contributed by atoms with Crippen LogP contribution in [0, 0.1) is 0 Å². The maximum Gasteiger partial charge on any atom is 0.189 e. The molecule has 276 valence electrons. The molecule has 0 aliphatic rings. The molecular weight excluding hydrogens is 644 g/mol. The maximum absolute atomic E-state index is 10.5. The normalized spacial score (nSPS) is 20.1. The summed E-state index contributed by atoms with van der Waals surface area (Å²) in [5.41, 5.74) is 0. The number of carbonyl (C=O) groups is 4. The molecule has 0 aliphatic heterocycles. The number of aldehydes is 3. The Morgan fingerprint density at radius 1 is 0.391 bits per heavy atom. The zero-order valence-electron chi connectivity index (χ0n) is 24.0. The number of hydrogen-bond acceptors (Lipinski definition) is 23. The van der Waals surface area contributed by atoms with E-state index in [1.54, 1.807) is 0 Å². The number of carbonyl (C=O) groups excluding carboxylic acids is 4. The van der Waals surface area contributed by atoms with E-state index in [0.29, 0.717) is 0 Å². The van der Waals surface area contributed by atoms with Crippen LogP contribution in [0.4, 0.5) is 0 Å². The first-order valence-electron chi connectivity index (χ1n) is 12.7. The molecule has 0 aliphatic carbocycles. The standard InChI is InChI=1S/3C6H12O6.C5H10O5/c3*7-1-3(9)5(11)6(12)4(10)2-8;6-1-3(8)5(10)4(9)2-7/h3,5-9,11-12H,1-2H2;2*1,3-6,8-12H,2H2;1,3-5,7-10H,2H2. The van der Waals surface area contributed by atoms with Crippen molar-refractivity contribution in [2.24, 2.45) is 0 Å². The molecule has 0 aromatic carbocycles. The molecule has 0 fully saturated rings. The molecular formula is C23H46O23. The summed E-state index contributed by atoms with van der Waals surface area (Å²) >= 11 is 0. The molecule has 0 saturated carbocycles. The van der Waals surface area contributed by atoms with Crippen molar-refractivity contribution in [1.82, 2.24) is 0 Å². The molecule has 14 unspecified atom stereocenters. The van der Waals surface area contributed by atoms with Crippen LogP contribution in [-0.2, 0) is 19.2 Å². The zero-order valence-corrected chi connectivity index (χ0v) is 24.0. The van der Waals surface area contributed by atoms with Crippen LogP contribution in [0.2, 0.25) is 0 Å². The van der Waals surface area contributed by atoms with Gasteiger partial charge in [0.2, 0.25) is 0 Å². The van der Waals surface area contributed by atoms with E-state index < -0.39 is 124 Å². The smallest absolute Gasteiger partial charge is 0.189 e. The highest BCUT2D eigenvalue weighted by Gasteiger charge is 2.31. The third-order valence-electron chi connectivity index (χ3n) is 5.30. The van der Waals surface area contributed by atoms with Crippen LogP contribution in [0.5, 0.6) is 0 Å². The van der Waals surface area contributed by atoms with Crippen LogP contribution in [0.1, 0.15) is 0 Å². The Morgan fingerprint density at radius 3 is 0.870 bits per heavy atom. The molecule has 0 spiro atoms. The molecule has 23 nitrogen and oxygen atoms in total. The fourth-order valence-electron chi connectivity index (χ4n) is 2.25. The average Bonchev–Trinajstić information content (AvgIpc) is 3.09. The van der Waals surface area contributed by atoms with Crippen LogP contribution < -0.4 is 0 Å². The van der Waals surface area contributed by atoms with E-state index in [2.05, 4.69) is 0 Å². The molecule has 0 rings (SSSR count). The predicted octanol–water partition coefficient (Wildman–Crippen LogP) is -12.9. The Hall–Kier alpha value is -2.08. The van der Waals surface area contributed by atoms with Crippen LogP contribution >= 0.6 is 0 Å². The molecule has 0 amide bonds. The minimum atomic E-state index is -1.86. The molecule has 0 saturated heterocycles. The van der Waals surface area contributed by atoms with Gasteiger partial charge < -0.3 is 111 Å². The third-order valence-corrected chi connectivity index (χ3v) is 5.30. The highest BCUT2D eigenvalue weighted by Crippen LogP contribution is 2.04. The van der Waals surface area contributed by atoms with E-state index >= 15 is 0 Å². The Labute approximate surface area is 260 Å². The second-order valence-corrected chi connectivity index (χ2v) is 8.89. The van der Waals surface area contributed by atoms with Crippen LogP contribution in [0.15, 0.2) is 0 Å². The highest BCUT2D eigenvalue weighted by molar-refractivity contribution is 5.84. The van der Waals surface area contributed by atoms with Gasteiger partial charge in [-0.25, -0.2) is 0 Å². The highest BCUT2D eigenvalue weighted by atomic mass is 16.4. The Kier molecular flexibility index (Phi) is 32.1. The largest absolute Gasteiger partial charge is 0.394 e. The molecule has 23 heteroatoms. The number of Topliss-reactive ketones (excluding diaryl/α,β-unsaturated/α-hetero) is 1. The van der Waals surface area contributed by atoms with Gasteiger partial charge >= 0.3 is 0 Å². The quantitative estimate of drug-likeness (QED) is 0.0559. The van der Waals surface area contributed by atoms with Gasteiger partial charge in [0.25, 0.3) is 0 Å². The van der Waals surface area contributed by atoms with Crippen LogP contribution in [-0.4, -0.2) is 240 Å². The van der Waals surface area contributed by atoms with Crippen molar-refractivity contribution < 1.29 is 116 Å². The van der Waals surface area contributed by atoms with E-state index in [1.165, 1.54) is 0 Å². The minimum absolute atomic E-state index is 0.0258. The van der Waals surface area contributed by atoms with Crippen LogP contribution in [0.25, 0.3) is 0 Å². The molecule has 0 radical (unpaired) electrons. The molecule has 0 aromatic rings. The summed E-state index contributed by atoms with van der Waals surface area (Å²) in [6, 6.07) is 0. The third kappa shape index (κ3) is 20.9. The van der Waals surface area contributed by atoms with Gasteiger partial charge in [-0.1, -0.05) is 0 Å². The van der Waals surface area contributed by atoms with E-state index in [1.807, 2.05) is 0 Å². The first-order chi connectivity index (χ1) is 21.2. The lowest BCUT2D eigenvalue weighted by atomic mass is 10.0. The number of aliphatic hydroxyl groups is 19. The number of rotatable bonds is 19. The molecule has 19 N–H and O–H groups in total. The lowest BCUT2D eigenvalue weighted by Gasteiger charge is -2.22. The van der Waals surface area contributed by atoms with Gasteiger partial charge in [-0.3, -0.25) is 4.79 Å². The van der Waals surface area contributed by atoms with Crippen LogP contribution in [0.3, 0.4) is 0 Å². The predicted molar refractivity (Wildman–Crippen MR) is 143 cm³/mol. The van der Waals surface area contributed by atoms with E-state index in [0.717, 1.165) is 0 Å². The van der Waals surface area contributed by atoms with Crippen molar-refractivity contribution >= 4 is 24.6 Å². The van der Waals surface area contributed by atoms with Gasteiger partial charge in [0.1, 0.15) is 92.1 Å². The first kappa shape index (κ1) is 50.8. The Bertz CT molecular complexity index is 742. The van der Waals surface area contributed by atoms with Crippen molar-refractivity contribution in [1.29, 1.82) is 0 Å². The summed E-state index contributed by atoms with van der Waals surface area (Å²) in [5.74, 6) is -1.00. The summed E-state index contributed by atoms with van der Waals surface area (Å²) in [5, 5.41) is 164. The van der Waals surface area contributed by atoms with Gasteiger partial charge in [-0.2, -0.15) is 0 Å². The topological polar surface area (TPSA) is 453 Å². The number of hydrogen-bond donors (Lipinski definition) is 19. The Balaban J connectivity index is -0.000000256. The summed E-state index contributed by atoms with van der Waals surface area (Å²) in [6.07, 6.45) is -23.5. The fraction of sp³-hybridized carbons (Fsp3) is 0.826. The number of aliphatic hydroxyl groups excluding tert-OH is 19. The van der Waals surface area contributed by atoms with E-state index in [4.69, 9.17) is 97.0 Å². The van der Waals surface area contributed by atoms with Crippen molar-refractivity contribution in [3.05, 3.63) is 0 Å². The van der Waals surface area contributed by atoms with Crippen molar-refractivity contribution in [2.45, 2.75) is 85.5 Å². The van der Waals surface area contributed by atoms with Gasteiger partial charge in [-0.05, 0) is 0 Å². The van der Waals surface area contributed by atoms with Gasteiger partial charge in [0, 0.05) is 0 Å². The second kappa shape index (κ2) is 29.1. The fourth-order valence-corrected chi connectivity index (χ4v) is 2.25. The SMILES string of the molecule is O=C(CO)C(O)C(O)C(O)CO.O=CC(O)C(O)C(O)C(O)CO.O=CC(O)C(O)C(O)C(O)CO.O=CC(O)C(O)C(O)CO. The van der Waals surface area contributed by atoms with E-state index in [9.17, 15) is 19.2 Å². The number of ketones is 1. The van der Waals surface area contributed by atoms with Crippen molar-refractivity contribution in [3.63, 3.8) is 0 Å². The van der Waals surface area contributed by atoms with Gasteiger partial charge in [0.05, 0.1) is 26.4 Å². The zero-order chi connectivity index (χ0) is 37.3. The van der Waals surface area contributed by atoms with Crippen molar-refractivity contribution in [3.8, 4) is 0 Å². The average molecular weight is 691 g/mol. The molecule has 0 aromatic heterocycles. The van der Waals surface area contributed by atoms with E-state index in [-0.39, 0.29) is 18.9 Å². The lowest BCUT2D eigenvalue weighted by Crippen LogP contribution is -2.46. The summed E-state index contributed by atoms with van der Waals surface area (Å²) < 4.78 is 0. The Morgan fingerprint density at radius 2 is 0.630 bits per heavy atom. The van der Waals surface area contributed by atoms with Gasteiger partial charge in [-0.15, -0.1) is 0 Å². The minimum Gasteiger partial charge on any atom is -0.394 e. The van der Waals surface area contributed by atoms with Gasteiger partial charge in [0.15, 0.2) is 24.6 Å². The first-order valence-corrected chi connectivity index (χ1v) is 12.7. The van der Waals surface area contributed by atoms with Crippen molar-refractivity contribution in [2.75, 3.05) is 33.0 Å². The summed E-state index contributed by atoms with van der Waals surface area (Å²) in [6.45, 7) is -3.90. The molecule has 46 heavy (non-hydrogen) atoms. The molecule has 14 atom stereocenters. The molecule has 0 heterocycles. The maximum atomic E-state index is 10.5. The second-order valence-electron chi connectivity index (χ2n) is 8.89. The monoisotopic (exact) mass is 690 g/mol. The summed E-state index contributed by atoms with van der Waals surface area (Å²) in [7, 11) is 0. The molecule has 0 bridgehead atoms. The lowest BCUT2D eigenvalue weighted by molar-refractivity contribution is -0.142. The summed E-state index contributed by atoms with van der Waals surface area (Å²) in [4.78, 5) is 40.1.